The van der Waals surface area contributed by atoms with Crippen LogP contribution in [0.25, 0.3) is 0 Å². The fourth-order valence-corrected chi connectivity index (χ4v) is 2.51. The fraction of sp³-hybridized carbons (Fsp3) is 0.462. The molecule has 0 aromatic heterocycles. The maximum absolute atomic E-state index is 14.3. The lowest BCUT2D eigenvalue weighted by molar-refractivity contribution is -0.115. The molecule has 1 atom stereocenters. The summed E-state index contributed by atoms with van der Waals surface area (Å²) in [5, 5.41) is 4.28. The Hall–Kier alpha value is -1.18. The number of hydrogen-bond donors (Lipinski definition) is 2. The van der Waals surface area contributed by atoms with Crippen molar-refractivity contribution >= 4 is 33.8 Å². The molecule has 0 spiro atoms. The first-order chi connectivity index (χ1) is 9.30. The molecule has 0 radical (unpaired) electrons. The molecule has 2 rings (SSSR count). The molecule has 1 aromatic carbocycles. The first-order valence-corrected chi connectivity index (χ1v) is 8.27. The third-order valence-corrected chi connectivity index (χ3v) is 4.98. The minimum Gasteiger partial charge on any atom is -0.322 e. The van der Waals surface area contributed by atoms with Crippen molar-refractivity contribution in [2.75, 3.05) is 18.1 Å². The predicted molar refractivity (Wildman–Crippen MR) is 82.0 cm³/mol. The Morgan fingerprint density at radius 1 is 1.43 bits per heavy atom. The molecule has 1 amide bonds. The van der Waals surface area contributed by atoms with Crippen molar-refractivity contribution in [3.8, 4) is 0 Å². The number of benzene rings is 1. The van der Waals surface area contributed by atoms with Crippen LogP contribution in [0.4, 0.5) is 10.1 Å². The highest BCUT2D eigenvalue weighted by atomic mass is 35.5. The first kappa shape index (κ1) is 17.9. The number of carbonyl (C=O) groups excluding carboxylic acids is 1. The molecule has 0 saturated heterocycles. The number of sulfone groups is 1. The Balaban J connectivity index is 0.00000220. The van der Waals surface area contributed by atoms with E-state index in [1.807, 2.05) is 0 Å². The summed E-state index contributed by atoms with van der Waals surface area (Å²) in [6, 6.07) is 3.21. The van der Waals surface area contributed by atoms with Gasteiger partial charge in [-0.25, -0.2) is 12.8 Å². The predicted octanol–water partition coefficient (Wildman–Crippen LogP) is 1.26. The molecule has 0 bridgehead atoms. The third kappa shape index (κ3) is 3.93. The molecular formula is C13H18ClFN2O3S. The fourth-order valence-electron chi connectivity index (χ4n) is 2.06. The molecule has 1 aliphatic heterocycles. The van der Waals surface area contributed by atoms with Crippen LogP contribution in [0.2, 0.25) is 0 Å². The molecule has 1 aliphatic rings. The normalized spacial score (nSPS) is 15.6. The van der Waals surface area contributed by atoms with Gasteiger partial charge in [-0.2, -0.15) is 0 Å². The van der Waals surface area contributed by atoms with Crippen molar-refractivity contribution in [1.29, 1.82) is 0 Å². The van der Waals surface area contributed by atoms with Crippen molar-refractivity contribution in [3.05, 3.63) is 29.1 Å². The van der Waals surface area contributed by atoms with E-state index in [1.54, 1.807) is 6.07 Å². The van der Waals surface area contributed by atoms with E-state index < -0.39 is 26.8 Å². The lowest BCUT2D eigenvalue weighted by atomic mass is 9.99. The average molecular weight is 337 g/mol. The summed E-state index contributed by atoms with van der Waals surface area (Å²) in [5.41, 5.74) is 1.47. The number of hydrogen-bond acceptors (Lipinski definition) is 4. The minimum absolute atomic E-state index is 0. The molecule has 8 heteroatoms. The van der Waals surface area contributed by atoms with Crippen LogP contribution in [0.15, 0.2) is 12.1 Å². The van der Waals surface area contributed by atoms with E-state index in [0.29, 0.717) is 25.1 Å². The molecule has 21 heavy (non-hydrogen) atoms. The van der Waals surface area contributed by atoms with E-state index in [2.05, 4.69) is 10.6 Å². The highest BCUT2D eigenvalue weighted by Gasteiger charge is 2.25. The Labute approximate surface area is 129 Å². The molecule has 1 unspecified atom stereocenters. The van der Waals surface area contributed by atoms with Gasteiger partial charge in [0.15, 0.2) is 9.84 Å². The molecule has 118 valence electrons. The Bertz CT molecular complexity index is 649. The van der Waals surface area contributed by atoms with Crippen molar-refractivity contribution in [2.24, 2.45) is 0 Å². The molecular weight excluding hydrogens is 319 g/mol. The number of anilines is 1. The second-order valence-electron chi connectivity index (χ2n) is 4.95. The first-order valence-electron chi connectivity index (χ1n) is 6.31. The molecule has 0 aliphatic carbocycles. The summed E-state index contributed by atoms with van der Waals surface area (Å²) < 4.78 is 36.9. The van der Waals surface area contributed by atoms with Gasteiger partial charge in [-0.05, 0) is 37.1 Å². The summed E-state index contributed by atoms with van der Waals surface area (Å²) in [5.74, 6) is -1.20. The number of carbonyl (C=O) groups is 1. The minimum atomic E-state index is -3.50. The summed E-state index contributed by atoms with van der Waals surface area (Å²) in [6.07, 6.45) is 1.53. The molecule has 2 N–H and O–H groups in total. The summed E-state index contributed by atoms with van der Waals surface area (Å²) in [4.78, 5) is 11.8. The van der Waals surface area contributed by atoms with Gasteiger partial charge in [-0.3, -0.25) is 4.79 Å². The SMILES string of the molecule is CC(C(=O)Nc1ccc2c(c1F)CCNC2)S(C)(=O)=O.Cl. The smallest absolute Gasteiger partial charge is 0.242 e. The van der Waals surface area contributed by atoms with Gasteiger partial charge in [0.05, 0.1) is 5.69 Å². The summed E-state index contributed by atoms with van der Waals surface area (Å²) in [7, 11) is -3.50. The van der Waals surface area contributed by atoms with Crippen molar-refractivity contribution in [2.45, 2.75) is 25.1 Å². The Morgan fingerprint density at radius 2 is 2.10 bits per heavy atom. The standard InChI is InChI=1S/C13H17FN2O3S.ClH/c1-8(20(2,18)19)13(17)16-11-4-3-9-7-15-6-5-10(9)12(11)14;/h3-4,8,15H,5-7H2,1-2H3,(H,16,17);1H. The topological polar surface area (TPSA) is 75.3 Å². The third-order valence-electron chi connectivity index (χ3n) is 3.48. The highest BCUT2D eigenvalue weighted by Crippen LogP contribution is 2.24. The zero-order chi connectivity index (χ0) is 14.9. The van der Waals surface area contributed by atoms with E-state index in [0.717, 1.165) is 11.8 Å². The zero-order valence-electron chi connectivity index (χ0n) is 11.8. The van der Waals surface area contributed by atoms with Crippen LogP contribution >= 0.6 is 12.4 Å². The largest absolute Gasteiger partial charge is 0.322 e. The van der Waals surface area contributed by atoms with Crippen LogP contribution in [0.3, 0.4) is 0 Å². The second kappa shape index (κ2) is 6.72. The second-order valence-corrected chi connectivity index (χ2v) is 7.32. The maximum atomic E-state index is 14.3. The lowest BCUT2D eigenvalue weighted by Gasteiger charge is -2.20. The number of rotatable bonds is 3. The maximum Gasteiger partial charge on any atom is 0.242 e. The van der Waals surface area contributed by atoms with Gasteiger partial charge in [0.2, 0.25) is 5.91 Å². The number of fused-ring (bicyclic) bond motifs is 1. The van der Waals surface area contributed by atoms with Crippen LogP contribution in [-0.2, 0) is 27.6 Å². The highest BCUT2D eigenvalue weighted by molar-refractivity contribution is 7.92. The van der Waals surface area contributed by atoms with Crippen LogP contribution in [0.1, 0.15) is 18.1 Å². The van der Waals surface area contributed by atoms with Crippen LogP contribution in [0.5, 0.6) is 0 Å². The van der Waals surface area contributed by atoms with Gasteiger partial charge in [-0.1, -0.05) is 6.07 Å². The quantitative estimate of drug-likeness (QED) is 0.871. The van der Waals surface area contributed by atoms with Crippen molar-refractivity contribution < 1.29 is 17.6 Å². The number of nitrogens with one attached hydrogen (secondary N) is 2. The molecule has 1 heterocycles. The summed E-state index contributed by atoms with van der Waals surface area (Å²) in [6.45, 7) is 2.56. The van der Waals surface area contributed by atoms with Gasteiger partial charge in [-0.15, -0.1) is 12.4 Å². The van der Waals surface area contributed by atoms with Gasteiger partial charge in [0.1, 0.15) is 11.1 Å². The van der Waals surface area contributed by atoms with Crippen LogP contribution in [-0.4, -0.2) is 32.4 Å². The molecule has 5 nitrogen and oxygen atoms in total. The van der Waals surface area contributed by atoms with Gasteiger partial charge < -0.3 is 10.6 Å². The monoisotopic (exact) mass is 336 g/mol. The average Bonchev–Trinajstić information content (AvgIpc) is 2.40. The van der Waals surface area contributed by atoms with Gasteiger partial charge >= 0.3 is 0 Å². The number of halogens is 2. The van der Waals surface area contributed by atoms with E-state index in [4.69, 9.17) is 0 Å². The summed E-state index contributed by atoms with van der Waals surface area (Å²) >= 11 is 0. The van der Waals surface area contributed by atoms with E-state index in [1.165, 1.54) is 13.0 Å². The van der Waals surface area contributed by atoms with Crippen molar-refractivity contribution in [1.82, 2.24) is 5.32 Å². The van der Waals surface area contributed by atoms with Gasteiger partial charge in [0, 0.05) is 12.8 Å². The van der Waals surface area contributed by atoms with Crippen LogP contribution in [0, 0.1) is 5.82 Å². The van der Waals surface area contributed by atoms with Crippen molar-refractivity contribution in [3.63, 3.8) is 0 Å². The van der Waals surface area contributed by atoms with Gasteiger partial charge in [0.25, 0.3) is 0 Å². The molecule has 1 aromatic rings. The van der Waals surface area contributed by atoms with Crippen LogP contribution < -0.4 is 10.6 Å². The van der Waals surface area contributed by atoms with E-state index in [9.17, 15) is 17.6 Å². The zero-order valence-corrected chi connectivity index (χ0v) is 13.4. The van der Waals surface area contributed by atoms with E-state index in [-0.39, 0.29) is 18.1 Å². The Kier molecular flexibility index (Phi) is 5.72. The Morgan fingerprint density at radius 3 is 2.71 bits per heavy atom. The molecule has 0 saturated carbocycles. The van der Waals surface area contributed by atoms with E-state index >= 15 is 0 Å². The molecule has 0 fully saturated rings. The lowest BCUT2D eigenvalue weighted by Crippen LogP contribution is -2.32. The number of amides is 1.